The van der Waals surface area contributed by atoms with Gasteiger partial charge in [-0.3, -0.25) is 0 Å². The molecule has 0 radical (unpaired) electrons. The summed E-state index contributed by atoms with van der Waals surface area (Å²) in [6, 6.07) is 18.7. The van der Waals surface area contributed by atoms with Gasteiger partial charge in [0, 0.05) is 41.5 Å². The number of carbonyl (C=O) groups excluding carboxylic acids is 1. The Morgan fingerprint density at radius 3 is 2.60 bits per heavy atom. The third-order valence-corrected chi connectivity index (χ3v) is 6.91. The average molecular weight is 492 g/mol. The first-order valence-electron chi connectivity index (χ1n) is 12.2. The number of para-hydroxylation sites is 1. The minimum Gasteiger partial charge on any atom is -0.493 e. The van der Waals surface area contributed by atoms with Crippen molar-refractivity contribution in [3.05, 3.63) is 76.0 Å². The summed E-state index contributed by atoms with van der Waals surface area (Å²) in [7, 11) is 1.44. The van der Waals surface area contributed by atoms with Crippen molar-refractivity contribution in [3.8, 4) is 16.9 Å². The van der Waals surface area contributed by atoms with E-state index in [9.17, 15) is 4.79 Å². The normalized spacial score (nSPS) is 14.8. The lowest BCUT2D eigenvalue weighted by molar-refractivity contribution is -0.136. The zero-order chi connectivity index (χ0) is 24.5. The van der Waals surface area contributed by atoms with E-state index in [-0.39, 0.29) is 5.97 Å². The third kappa shape index (κ3) is 6.53. The highest BCUT2D eigenvalue weighted by molar-refractivity contribution is 7.09. The number of esters is 1. The van der Waals surface area contributed by atoms with E-state index in [1.165, 1.54) is 24.8 Å². The second-order valence-corrected chi connectivity index (χ2v) is 9.47. The summed E-state index contributed by atoms with van der Waals surface area (Å²) in [5.41, 5.74) is 4.95. The maximum atomic E-state index is 12.3. The van der Waals surface area contributed by atoms with Gasteiger partial charge in [-0.2, -0.15) is 0 Å². The highest BCUT2D eigenvalue weighted by atomic mass is 32.1. The van der Waals surface area contributed by atoms with Gasteiger partial charge in [-0.05, 0) is 73.0 Å². The van der Waals surface area contributed by atoms with Gasteiger partial charge in [0.2, 0.25) is 0 Å². The minimum atomic E-state index is -0.265. The maximum absolute atomic E-state index is 12.3. The molecule has 0 bridgehead atoms. The maximum Gasteiger partial charge on any atom is 0.333 e. The lowest BCUT2D eigenvalue weighted by Crippen LogP contribution is -2.24. The summed E-state index contributed by atoms with van der Waals surface area (Å²) in [6.07, 6.45) is 5.18. The molecule has 2 aliphatic heterocycles. The summed E-state index contributed by atoms with van der Waals surface area (Å²) in [5, 5.41) is 2.10. The van der Waals surface area contributed by atoms with Crippen LogP contribution < -0.4 is 9.64 Å². The highest BCUT2D eigenvalue weighted by Gasteiger charge is 2.21. The zero-order valence-electron chi connectivity index (χ0n) is 20.5. The van der Waals surface area contributed by atoms with E-state index in [2.05, 4.69) is 46.7 Å². The van der Waals surface area contributed by atoms with Crippen LogP contribution in [0.4, 0.5) is 5.69 Å². The lowest BCUT2D eigenvalue weighted by atomic mass is 9.99. The Morgan fingerprint density at radius 2 is 1.91 bits per heavy atom. The first-order valence-corrected chi connectivity index (χ1v) is 13.1. The van der Waals surface area contributed by atoms with E-state index in [4.69, 9.17) is 14.2 Å². The van der Waals surface area contributed by atoms with E-state index in [1.54, 1.807) is 11.3 Å². The molecule has 35 heavy (non-hydrogen) atoms. The van der Waals surface area contributed by atoms with Gasteiger partial charge in [-0.15, -0.1) is 11.3 Å². The van der Waals surface area contributed by atoms with Gasteiger partial charge >= 0.3 is 5.97 Å². The topological polar surface area (TPSA) is 48.0 Å². The van der Waals surface area contributed by atoms with Gasteiger partial charge in [0.05, 0.1) is 20.3 Å². The molecule has 0 aliphatic carbocycles. The van der Waals surface area contributed by atoms with Crippen LogP contribution in [0.1, 0.15) is 36.6 Å². The van der Waals surface area contributed by atoms with E-state index in [1.807, 2.05) is 31.2 Å². The molecule has 0 atom stereocenters. The fraction of sp³-hybridized carbons (Fsp3) is 0.345. The Morgan fingerprint density at radius 1 is 1.09 bits per heavy atom. The van der Waals surface area contributed by atoms with Crippen LogP contribution in [0.5, 0.6) is 5.75 Å². The molecule has 5 rings (SSSR count). The standard InChI is InChI=1S/C25H25NO3S.C4H8O/c1-3-29-24-9-5-4-8-22(24)18-10-11-23-20(15-18)16-19(25(27)28-2)12-13-26(23)17-21-7-6-14-30-21;1-2-4-5-3-1/h4-11,14-16H,3,12-13,17H2,1-2H3;1-4H2. The number of rotatable bonds is 6. The molecule has 184 valence electrons. The molecular weight excluding hydrogens is 458 g/mol. The first kappa shape index (κ1) is 25.0. The predicted octanol–water partition coefficient (Wildman–Crippen LogP) is 6.58. The highest BCUT2D eigenvalue weighted by Crippen LogP contribution is 2.36. The van der Waals surface area contributed by atoms with Crippen LogP contribution in [0.25, 0.3) is 17.2 Å². The van der Waals surface area contributed by atoms with Crippen molar-refractivity contribution in [3.63, 3.8) is 0 Å². The van der Waals surface area contributed by atoms with Crippen molar-refractivity contribution in [1.29, 1.82) is 0 Å². The molecule has 1 saturated heterocycles. The number of carbonyl (C=O) groups is 1. The van der Waals surface area contributed by atoms with Gasteiger partial charge in [0.25, 0.3) is 0 Å². The molecular formula is C29H33NO4S. The van der Waals surface area contributed by atoms with Gasteiger partial charge in [-0.1, -0.05) is 30.3 Å². The number of thiophene rings is 1. The summed E-state index contributed by atoms with van der Waals surface area (Å²) < 4.78 is 15.8. The molecule has 3 aromatic rings. The van der Waals surface area contributed by atoms with Crippen molar-refractivity contribution in [2.45, 2.75) is 32.7 Å². The van der Waals surface area contributed by atoms with Crippen LogP contribution in [0.3, 0.4) is 0 Å². The Balaban J connectivity index is 0.000000514. The smallest absolute Gasteiger partial charge is 0.333 e. The second kappa shape index (κ2) is 12.6. The molecule has 6 heteroatoms. The summed E-state index contributed by atoms with van der Waals surface area (Å²) >= 11 is 1.75. The van der Waals surface area contributed by atoms with E-state index in [0.717, 1.165) is 54.4 Å². The first-order chi connectivity index (χ1) is 17.2. The SMILES string of the molecule is C1CCOC1.CCOc1ccccc1-c1ccc2c(c1)C=C(C(=O)OC)CCN2Cc1cccs1. The zero-order valence-corrected chi connectivity index (χ0v) is 21.3. The Hall–Kier alpha value is -3.09. The minimum absolute atomic E-state index is 0.265. The number of fused-ring (bicyclic) bond motifs is 1. The number of ether oxygens (including phenoxy) is 3. The van der Waals surface area contributed by atoms with Gasteiger partial charge < -0.3 is 19.1 Å². The van der Waals surface area contributed by atoms with Crippen LogP contribution in [0.2, 0.25) is 0 Å². The molecule has 0 unspecified atom stereocenters. The number of hydrogen-bond acceptors (Lipinski definition) is 6. The summed E-state index contributed by atoms with van der Waals surface area (Å²) in [5.74, 6) is 0.597. The molecule has 0 N–H and O–H groups in total. The van der Waals surface area contributed by atoms with Crippen molar-refractivity contribution in [2.24, 2.45) is 0 Å². The molecule has 0 amide bonds. The van der Waals surface area contributed by atoms with Gasteiger partial charge in [0.1, 0.15) is 5.75 Å². The molecule has 5 nitrogen and oxygen atoms in total. The predicted molar refractivity (Wildman–Crippen MR) is 143 cm³/mol. The molecule has 2 aliphatic rings. The fourth-order valence-electron chi connectivity index (χ4n) is 4.31. The molecule has 0 spiro atoms. The van der Waals surface area contributed by atoms with Crippen LogP contribution in [0.15, 0.2) is 65.6 Å². The monoisotopic (exact) mass is 491 g/mol. The van der Waals surface area contributed by atoms with Crippen LogP contribution in [0, 0.1) is 0 Å². The van der Waals surface area contributed by atoms with Crippen molar-refractivity contribution in [1.82, 2.24) is 0 Å². The van der Waals surface area contributed by atoms with Crippen LogP contribution in [-0.2, 0) is 20.8 Å². The van der Waals surface area contributed by atoms with E-state index in [0.29, 0.717) is 18.6 Å². The average Bonchev–Trinajstić information content (AvgIpc) is 3.61. The largest absolute Gasteiger partial charge is 0.493 e. The summed E-state index contributed by atoms with van der Waals surface area (Å²) in [6.45, 7) is 6.19. The van der Waals surface area contributed by atoms with E-state index >= 15 is 0 Å². The molecule has 0 saturated carbocycles. The van der Waals surface area contributed by atoms with Gasteiger partial charge in [0.15, 0.2) is 0 Å². The Bertz CT molecular complexity index is 1130. The van der Waals surface area contributed by atoms with Crippen LogP contribution >= 0.6 is 11.3 Å². The van der Waals surface area contributed by atoms with Crippen molar-refractivity contribution < 1.29 is 19.0 Å². The van der Waals surface area contributed by atoms with Gasteiger partial charge in [-0.25, -0.2) is 4.79 Å². The third-order valence-electron chi connectivity index (χ3n) is 6.05. The van der Waals surface area contributed by atoms with Crippen molar-refractivity contribution >= 4 is 29.1 Å². The Labute approximate surface area is 211 Å². The lowest BCUT2D eigenvalue weighted by Gasteiger charge is -2.25. The fourth-order valence-corrected chi connectivity index (χ4v) is 5.02. The van der Waals surface area contributed by atoms with E-state index < -0.39 is 0 Å². The number of benzene rings is 2. The van der Waals surface area contributed by atoms with Crippen LogP contribution in [-0.4, -0.2) is 39.4 Å². The molecule has 1 aromatic heterocycles. The Kier molecular flexibility index (Phi) is 8.98. The number of hydrogen-bond donors (Lipinski definition) is 0. The molecule has 2 aromatic carbocycles. The van der Waals surface area contributed by atoms with Crippen molar-refractivity contribution in [2.75, 3.05) is 38.4 Å². The number of methoxy groups -OCH3 is 1. The quantitative estimate of drug-likeness (QED) is 0.365. The second-order valence-electron chi connectivity index (χ2n) is 8.43. The number of nitrogens with zero attached hydrogens (tertiary/aromatic N) is 1. The summed E-state index contributed by atoms with van der Waals surface area (Å²) in [4.78, 5) is 16.0. The number of anilines is 1. The molecule has 1 fully saturated rings. The molecule has 3 heterocycles.